The third kappa shape index (κ3) is 5.65. The van der Waals surface area contributed by atoms with Crippen molar-refractivity contribution in [3.63, 3.8) is 0 Å². The van der Waals surface area contributed by atoms with Crippen molar-refractivity contribution in [3.8, 4) is 0 Å². The van der Waals surface area contributed by atoms with Crippen LogP contribution in [0.1, 0.15) is 24.6 Å². The number of pyridine rings is 1. The van der Waals surface area contributed by atoms with Gasteiger partial charge in [0, 0.05) is 31.6 Å². The molecule has 3 rings (SSSR count). The number of nitrogens with zero attached hydrogens (tertiary/aromatic N) is 4. The second kappa shape index (κ2) is 9.16. The molecule has 2 aromatic rings. The number of piperidine rings is 1. The molecular formula is C20H20F5N7O. The number of amides is 1. The van der Waals surface area contributed by atoms with Gasteiger partial charge in [0.1, 0.15) is 11.4 Å². The summed E-state index contributed by atoms with van der Waals surface area (Å²) < 4.78 is 66.5. The Kier molecular flexibility index (Phi) is 6.70. The maximum absolute atomic E-state index is 14.3. The van der Waals surface area contributed by atoms with E-state index >= 15 is 0 Å². The third-order valence-corrected chi connectivity index (χ3v) is 5.17. The number of nitrogens with one attached hydrogen (secondary N) is 3. The summed E-state index contributed by atoms with van der Waals surface area (Å²) in [4.78, 5) is 24.8. The number of carbonyl (C=O) groups is 1. The van der Waals surface area contributed by atoms with Crippen molar-refractivity contribution in [2.24, 2.45) is 5.92 Å². The average Bonchev–Trinajstić information content (AvgIpc) is 2.76. The molecule has 33 heavy (non-hydrogen) atoms. The maximum Gasteiger partial charge on any atom is 0.419 e. The molecule has 3 heterocycles. The summed E-state index contributed by atoms with van der Waals surface area (Å²) in [5, 5.41) is 18.8. The number of halogens is 5. The smallest absolute Gasteiger partial charge is 0.352 e. The Morgan fingerprint density at radius 3 is 2.45 bits per heavy atom. The molecule has 1 aliphatic heterocycles. The summed E-state index contributed by atoms with van der Waals surface area (Å²) in [5.74, 6) is -5.17. The molecule has 1 aliphatic rings. The Morgan fingerprint density at radius 1 is 1.21 bits per heavy atom. The molecule has 3 N–H and O–H groups in total. The first kappa shape index (κ1) is 24.1. The van der Waals surface area contributed by atoms with E-state index < -0.39 is 59.9 Å². The number of rotatable bonds is 6. The SMILES string of the molecule is CC1CC(F)(F)CN(C(=O)C(=N)C(=N)c2ccccn2)C1CNc1ncc(C(F)(F)F)cn1. The highest BCUT2D eigenvalue weighted by Crippen LogP contribution is 2.34. The number of aromatic nitrogens is 3. The molecule has 0 saturated carbocycles. The first-order valence-corrected chi connectivity index (χ1v) is 9.80. The molecule has 1 saturated heterocycles. The van der Waals surface area contributed by atoms with Gasteiger partial charge in [-0.1, -0.05) is 13.0 Å². The van der Waals surface area contributed by atoms with E-state index in [1.54, 1.807) is 12.1 Å². The van der Waals surface area contributed by atoms with Crippen LogP contribution in [0.25, 0.3) is 0 Å². The monoisotopic (exact) mass is 469 g/mol. The molecule has 176 valence electrons. The van der Waals surface area contributed by atoms with Gasteiger partial charge in [0.15, 0.2) is 0 Å². The first-order chi connectivity index (χ1) is 15.4. The van der Waals surface area contributed by atoms with Crippen molar-refractivity contribution in [3.05, 3.63) is 48.0 Å². The second-order valence-electron chi connectivity index (χ2n) is 7.68. The topological polar surface area (TPSA) is 119 Å². The number of hydrogen-bond acceptors (Lipinski definition) is 7. The van der Waals surface area contributed by atoms with Crippen LogP contribution in [0.2, 0.25) is 0 Å². The number of alkyl halides is 5. The van der Waals surface area contributed by atoms with E-state index in [1.165, 1.54) is 19.2 Å². The van der Waals surface area contributed by atoms with E-state index in [9.17, 15) is 26.7 Å². The number of carbonyl (C=O) groups excluding carboxylic acids is 1. The average molecular weight is 469 g/mol. The summed E-state index contributed by atoms with van der Waals surface area (Å²) >= 11 is 0. The fraction of sp³-hybridized carbons (Fsp3) is 0.400. The van der Waals surface area contributed by atoms with Crippen LogP contribution in [0, 0.1) is 16.7 Å². The lowest BCUT2D eigenvalue weighted by atomic mass is 9.87. The van der Waals surface area contributed by atoms with E-state index in [4.69, 9.17) is 10.8 Å². The number of hydrogen-bond donors (Lipinski definition) is 3. The zero-order valence-corrected chi connectivity index (χ0v) is 17.3. The Bertz CT molecular complexity index is 1030. The normalized spacial score (nSPS) is 20.2. The van der Waals surface area contributed by atoms with Crippen molar-refractivity contribution in [1.29, 1.82) is 10.8 Å². The molecule has 0 bridgehead atoms. The van der Waals surface area contributed by atoms with E-state index in [1.807, 2.05) is 0 Å². The molecule has 1 amide bonds. The van der Waals surface area contributed by atoms with Crippen LogP contribution < -0.4 is 5.32 Å². The molecule has 2 unspecified atom stereocenters. The van der Waals surface area contributed by atoms with Crippen molar-refractivity contribution >= 4 is 23.3 Å². The van der Waals surface area contributed by atoms with Crippen molar-refractivity contribution in [2.75, 3.05) is 18.4 Å². The van der Waals surface area contributed by atoms with Gasteiger partial charge in [-0.25, -0.2) is 18.7 Å². The minimum Gasteiger partial charge on any atom is -0.352 e. The highest BCUT2D eigenvalue weighted by Gasteiger charge is 2.47. The van der Waals surface area contributed by atoms with Gasteiger partial charge in [0.05, 0.1) is 23.8 Å². The molecule has 0 aliphatic carbocycles. The van der Waals surface area contributed by atoms with Crippen LogP contribution in [0.4, 0.5) is 27.9 Å². The van der Waals surface area contributed by atoms with Gasteiger partial charge in [-0.15, -0.1) is 0 Å². The van der Waals surface area contributed by atoms with E-state index in [-0.39, 0.29) is 18.2 Å². The number of likely N-dealkylation sites (tertiary alicyclic amines) is 1. The Labute approximate surface area is 185 Å². The summed E-state index contributed by atoms with van der Waals surface area (Å²) in [6.45, 7) is 0.397. The van der Waals surface area contributed by atoms with Gasteiger partial charge in [0.2, 0.25) is 5.95 Å². The van der Waals surface area contributed by atoms with Gasteiger partial charge in [-0.05, 0) is 18.1 Å². The van der Waals surface area contributed by atoms with Crippen LogP contribution in [0.15, 0.2) is 36.8 Å². The Morgan fingerprint density at radius 2 is 1.88 bits per heavy atom. The molecule has 0 aromatic carbocycles. The highest BCUT2D eigenvalue weighted by molar-refractivity contribution is 6.68. The van der Waals surface area contributed by atoms with Crippen LogP contribution in [-0.2, 0) is 11.0 Å². The summed E-state index contributed by atoms with van der Waals surface area (Å²) in [7, 11) is 0. The Balaban J connectivity index is 1.77. The molecule has 13 heteroatoms. The molecule has 2 aromatic heterocycles. The van der Waals surface area contributed by atoms with Gasteiger partial charge in [0.25, 0.3) is 11.8 Å². The predicted octanol–water partition coefficient (Wildman–Crippen LogP) is 3.26. The van der Waals surface area contributed by atoms with Crippen LogP contribution >= 0.6 is 0 Å². The van der Waals surface area contributed by atoms with Crippen LogP contribution in [0.5, 0.6) is 0 Å². The maximum atomic E-state index is 14.3. The van der Waals surface area contributed by atoms with E-state index in [2.05, 4.69) is 20.3 Å². The Hall–Kier alpha value is -3.51. The molecule has 0 spiro atoms. The zero-order chi connectivity index (χ0) is 24.4. The third-order valence-electron chi connectivity index (χ3n) is 5.17. The molecular weight excluding hydrogens is 449 g/mol. The minimum absolute atomic E-state index is 0.0421. The summed E-state index contributed by atoms with van der Waals surface area (Å²) in [6, 6.07) is 3.71. The zero-order valence-electron chi connectivity index (χ0n) is 17.3. The van der Waals surface area contributed by atoms with Gasteiger partial charge in [-0.3, -0.25) is 20.6 Å². The lowest BCUT2D eigenvalue weighted by molar-refractivity contribution is -0.145. The largest absolute Gasteiger partial charge is 0.419 e. The van der Waals surface area contributed by atoms with Crippen molar-refractivity contribution in [2.45, 2.75) is 31.5 Å². The summed E-state index contributed by atoms with van der Waals surface area (Å²) in [6.07, 6.45) is -2.59. The lowest BCUT2D eigenvalue weighted by Gasteiger charge is -2.43. The molecule has 1 fully saturated rings. The van der Waals surface area contributed by atoms with Crippen LogP contribution in [-0.4, -0.2) is 62.2 Å². The van der Waals surface area contributed by atoms with Gasteiger partial charge in [-0.2, -0.15) is 13.2 Å². The first-order valence-electron chi connectivity index (χ1n) is 9.80. The minimum atomic E-state index is -4.61. The standard InChI is InChI=1S/C20H20F5N7O/c1-11-6-19(21,22)10-32(17(33)16(27)15(26)13-4-2-3-5-28-13)14(11)9-31-18-29-7-12(8-30-18)20(23,24)25/h2-5,7-8,11,14,26-27H,6,9-10H2,1H3,(H,29,30,31). The van der Waals surface area contributed by atoms with Gasteiger partial charge < -0.3 is 10.2 Å². The predicted molar refractivity (Wildman–Crippen MR) is 109 cm³/mol. The van der Waals surface area contributed by atoms with Crippen molar-refractivity contribution < 1.29 is 26.7 Å². The van der Waals surface area contributed by atoms with Gasteiger partial charge >= 0.3 is 6.18 Å². The number of anilines is 1. The van der Waals surface area contributed by atoms with E-state index in [0.29, 0.717) is 12.4 Å². The quantitative estimate of drug-likeness (QED) is 0.443. The van der Waals surface area contributed by atoms with Crippen molar-refractivity contribution in [1.82, 2.24) is 19.9 Å². The molecule has 8 nitrogen and oxygen atoms in total. The van der Waals surface area contributed by atoms with E-state index in [0.717, 1.165) is 4.90 Å². The summed E-state index contributed by atoms with van der Waals surface area (Å²) in [5.41, 5.74) is -2.31. The lowest BCUT2D eigenvalue weighted by Crippen LogP contribution is -2.59. The fourth-order valence-electron chi connectivity index (χ4n) is 3.53. The fourth-order valence-corrected chi connectivity index (χ4v) is 3.53. The molecule has 2 atom stereocenters. The molecule has 0 radical (unpaired) electrons. The van der Waals surface area contributed by atoms with Crippen LogP contribution in [0.3, 0.4) is 0 Å². The highest BCUT2D eigenvalue weighted by atomic mass is 19.4. The second-order valence-corrected chi connectivity index (χ2v) is 7.68.